The highest BCUT2D eigenvalue weighted by Crippen LogP contribution is 2.71. The first-order valence-electron chi connectivity index (χ1n) is 9.60. The van der Waals surface area contributed by atoms with Gasteiger partial charge in [0.15, 0.2) is 11.6 Å². The quantitative estimate of drug-likeness (QED) is 0.571. The van der Waals surface area contributed by atoms with Crippen LogP contribution >= 0.6 is 23.4 Å². The van der Waals surface area contributed by atoms with E-state index in [1.54, 1.807) is 6.20 Å². The second kappa shape index (κ2) is 7.56. The number of pyridine rings is 1. The molecule has 2 aliphatic rings. The van der Waals surface area contributed by atoms with Crippen LogP contribution in [0.3, 0.4) is 0 Å². The van der Waals surface area contributed by atoms with Crippen molar-refractivity contribution in [3.63, 3.8) is 0 Å². The molecule has 32 heavy (non-hydrogen) atoms. The van der Waals surface area contributed by atoms with E-state index in [-0.39, 0.29) is 22.1 Å². The number of hydrogen-bond donors (Lipinski definition) is 2. The Morgan fingerprint density at radius 2 is 2.19 bits per heavy atom. The first-order valence-corrected chi connectivity index (χ1v) is 10.8. The van der Waals surface area contributed by atoms with Gasteiger partial charge in [0.25, 0.3) is 5.91 Å². The summed E-state index contributed by atoms with van der Waals surface area (Å²) < 4.78 is 34.5. The van der Waals surface area contributed by atoms with Gasteiger partial charge in [0, 0.05) is 23.4 Å². The van der Waals surface area contributed by atoms with Crippen molar-refractivity contribution in [2.45, 2.75) is 16.7 Å². The minimum absolute atomic E-state index is 0.0107. The monoisotopic (exact) mass is 475 g/mol. The smallest absolute Gasteiger partial charge is 0.274 e. The number of carbonyl (C=O) groups is 1. The minimum Gasteiger partial charge on any atom is -0.447 e. The standard InChI is InChI=1S/C21H16ClF2N5O2S/c22-11-1-4-15(27-7-11)18(30)28-12-2-3-14(24)13(5-12)20(9-23)16-6-21(16,32-19(25)29-20)17-8-26-10-31-17/h1-5,7-8,10,16H,6,9H2,(H2,25,29)(H,28,30)/t16?,20-,21+/m1/s1. The number of halogens is 3. The zero-order valence-corrected chi connectivity index (χ0v) is 18.0. The summed E-state index contributed by atoms with van der Waals surface area (Å²) in [6.45, 7) is -0.970. The molecule has 0 saturated heterocycles. The topological polar surface area (TPSA) is 106 Å². The lowest BCUT2D eigenvalue weighted by atomic mass is 9.84. The summed E-state index contributed by atoms with van der Waals surface area (Å²) >= 11 is 7.07. The Labute approximate surface area is 190 Å². The number of amides is 1. The number of nitrogens with two attached hydrogens (primary N) is 1. The SMILES string of the molecule is NC1=N[C@](CF)(c2cc(NC(=O)c3ccc(Cl)cn3)ccc2F)C2C[C@]2(c2cnco2)S1. The molecule has 164 valence electrons. The number of aromatic nitrogens is 2. The number of rotatable bonds is 5. The Morgan fingerprint density at radius 3 is 2.88 bits per heavy atom. The van der Waals surface area contributed by atoms with E-state index in [1.165, 1.54) is 54.7 Å². The molecular formula is C21H16ClF2N5O2S. The van der Waals surface area contributed by atoms with Crippen LogP contribution in [0.15, 0.2) is 58.5 Å². The fraction of sp³-hybridized carbons (Fsp3) is 0.238. The van der Waals surface area contributed by atoms with Crippen molar-refractivity contribution < 1.29 is 18.0 Å². The molecular weight excluding hydrogens is 460 g/mol. The summed E-state index contributed by atoms with van der Waals surface area (Å²) in [6, 6.07) is 6.94. The fourth-order valence-electron chi connectivity index (χ4n) is 4.23. The molecule has 7 nitrogen and oxygen atoms in total. The van der Waals surface area contributed by atoms with Gasteiger partial charge < -0.3 is 15.5 Å². The normalized spacial score (nSPS) is 26.2. The molecule has 3 aromatic rings. The van der Waals surface area contributed by atoms with Crippen LogP contribution in [-0.4, -0.2) is 27.7 Å². The van der Waals surface area contributed by atoms with Crippen LogP contribution in [-0.2, 0) is 10.3 Å². The van der Waals surface area contributed by atoms with Crippen molar-refractivity contribution in [3.05, 3.63) is 77.0 Å². The van der Waals surface area contributed by atoms with Crippen LogP contribution in [0.2, 0.25) is 5.02 Å². The highest BCUT2D eigenvalue weighted by molar-refractivity contribution is 8.14. The van der Waals surface area contributed by atoms with Crippen LogP contribution in [0.5, 0.6) is 0 Å². The fourth-order valence-corrected chi connectivity index (χ4v) is 5.71. The molecule has 1 aromatic carbocycles. The lowest BCUT2D eigenvalue weighted by Gasteiger charge is -2.34. The van der Waals surface area contributed by atoms with Crippen molar-refractivity contribution in [1.29, 1.82) is 0 Å². The maximum absolute atomic E-state index is 15.0. The molecule has 0 radical (unpaired) electrons. The van der Waals surface area contributed by atoms with Crippen molar-refractivity contribution in [3.8, 4) is 0 Å². The van der Waals surface area contributed by atoms with E-state index in [4.69, 9.17) is 21.8 Å². The molecule has 3 N–H and O–H groups in total. The molecule has 1 aliphatic heterocycles. The van der Waals surface area contributed by atoms with Crippen LogP contribution < -0.4 is 11.1 Å². The van der Waals surface area contributed by atoms with Crippen molar-refractivity contribution in [1.82, 2.24) is 9.97 Å². The van der Waals surface area contributed by atoms with Gasteiger partial charge in [-0.25, -0.2) is 23.7 Å². The number of aliphatic imine (C=N–C) groups is 1. The maximum atomic E-state index is 15.0. The predicted molar refractivity (Wildman–Crippen MR) is 117 cm³/mol. The van der Waals surface area contributed by atoms with Gasteiger partial charge >= 0.3 is 0 Å². The predicted octanol–water partition coefficient (Wildman–Crippen LogP) is 4.26. The Morgan fingerprint density at radius 1 is 1.34 bits per heavy atom. The lowest BCUT2D eigenvalue weighted by Crippen LogP contribution is -2.39. The number of benzene rings is 1. The summed E-state index contributed by atoms with van der Waals surface area (Å²) in [5, 5.41) is 3.18. The van der Waals surface area contributed by atoms with Gasteiger partial charge in [-0.15, -0.1) is 0 Å². The number of amidine groups is 1. The van der Waals surface area contributed by atoms with Crippen LogP contribution in [0.1, 0.15) is 28.2 Å². The van der Waals surface area contributed by atoms with Crippen LogP contribution in [0, 0.1) is 11.7 Å². The summed E-state index contributed by atoms with van der Waals surface area (Å²) in [4.78, 5) is 24.8. The van der Waals surface area contributed by atoms with Gasteiger partial charge in [-0.05, 0) is 36.8 Å². The molecule has 0 spiro atoms. The first kappa shape index (κ1) is 20.9. The molecule has 1 aliphatic carbocycles. The molecule has 1 fully saturated rings. The molecule has 1 amide bonds. The van der Waals surface area contributed by atoms with Crippen LogP contribution in [0.25, 0.3) is 0 Å². The number of hydrogen-bond acceptors (Lipinski definition) is 7. The molecule has 5 rings (SSSR count). The molecule has 1 saturated carbocycles. The van der Waals surface area contributed by atoms with E-state index in [2.05, 4.69) is 20.3 Å². The minimum atomic E-state index is -1.55. The van der Waals surface area contributed by atoms with E-state index >= 15 is 4.39 Å². The molecule has 2 aromatic heterocycles. The summed E-state index contributed by atoms with van der Waals surface area (Å²) in [5.74, 6) is -1.02. The van der Waals surface area contributed by atoms with Crippen molar-refractivity contribution in [2.75, 3.05) is 12.0 Å². The van der Waals surface area contributed by atoms with Gasteiger partial charge in [0.2, 0.25) is 0 Å². The molecule has 11 heteroatoms. The van der Waals surface area contributed by atoms with Gasteiger partial charge in [-0.1, -0.05) is 23.4 Å². The van der Waals surface area contributed by atoms with Gasteiger partial charge in [0.05, 0.1) is 16.0 Å². The molecule has 3 heterocycles. The van der Waals surface area contributed by atoms with Gasteiger partial charge in [0.1, 0.15) is 29.5 Å². The van der Waals surface area contributed by atoms with Crippen molar-refractivity contribution in [2.24, 2.45) is 16.6 Å². The van der Waals surface area contributed by atoms with Crippen molar-refractivity contribution >= 4 is 40.1 Å². The summed E-state index contributed by atoms with van der Waals surface area (Å²) in [7, 11) is 0. The summed E-state index contributed by atoms with van der Waals surface area (Å²) in [5.41, 5.74) is 4.92. The van der Waals surface area contributed by atoms with Crippen LogP contribution in [0.4, 0.5) is 14.5 Å². The average Bonchev–Trinajstić information content (AvgIpc) is 3.26. The van der Waals surface area contributed by atoms with Gasteiger partial charge in [-0.3, -0.25) is 4.79 Å². The van der Waals surface area contributed by atoms with E-state index in [0.717, 1.165) is 0 Å². The number of nitrogens with zero attached hydrogens (tertiary/aromatic N) is 3. The Balaban J connectivity index is 1.51. The second-order valence-electron chi connectivity index (χ2n) is 7.63. The number of anilines is 1. The molecule has 1 unspecified atom stereocenters. The molecule has 0 bridgehead atoms. The van der Waals surface area contributed by atoms with Gasteiger partial charge in [-0.2, -0.15) is 0 Å². The average molecular weight is 476 g/mol. The first-order chi connectivity index (χ1) is 15.4. The van der Waals surface area contributed by atoms with E-state index in [0.29, 0.717) is 17.2 Å². The third-order valence-electron chi connectivity index (χ3n) is 5.79. The van der Waals surface area contributed by atoms with E-state index in [9.17, 15) is 9.18 Å². The molecule has 3 atom stereocenters. The lowest BCUT2D eigenvalue weighted by molar-refractivity contribution is 0.102. The third kappa shape index (κ3) is 3.25. The second-order valence-corrected chi connectivity index (χ2v) is 9.42. The number of alkyl halides is 1. The largest absolute Gasteiger partial charge is 0.447 e. The zero-order chi connectivity index (χ0) is 22.5. The Kier molecular flexibility index (Phi) is 4.94. The Hall–Kier alpha value is -2.98. The van der Waals surface area contributed by atoms with E-state index in [1.807, 2.05) is 0 Å². The highest BCUT2D eigenvalue weighted by Gasteiger charge is 2.70. The number of fused-ring (bicyclic) bond motifs is 1. The highest BCUT2D eigenvalue weighted by atomic mass is 35.5. The third-order valence-corrected chi connectivity index (χ3v) is 7.33. The zero-order valence-electron chi connectivity index (χ0n) is 16.4. The number of nitrogens with one attached hydrogen (secondary N) is 1. The number of carbonyl (C=O) groups excluding carboxylic acids is 1. The number of oxazole rings is 1. The summed E-state index contributed by atoms with van der Waals surface area (Å²) in [6.07, 6.45) is 4.69. The number of thioether (sulfide) groups is 1. The Bertz CT molecular complexity index is 1220. The van der Waals surface area contributed by atoms with E-state index < -0.39 is 34.6 Å². The maximum Gasteiger partial charge on any atom is 0.274 e.